The van der Waals surface area contributed by atoms with Crippen molar-refractivity contribution >= 4 is 24.0 Å². The number of carbonyl (C=O) groups excluding carboxylic acids is 4. The van der Waals surface area contributed by atoms with E-state index >= 15 is 0 Å². The Labute approximate surface area is 207 Å². The Morgan fingerprint density at radius 2 is 1.76 bits per heavy atom. The van der Waals surface area contributed by atoms with Crippen LogP contribution in [0.15, 0.2) is 0 Å². The maximum Gasteiger partial charge on any atom is 0.243 e. The Hall–Kier alpha value is -1.92. The summed E-state index contributed by atoms with van der Waals surface area (Å²) in [5.74, 6) is -0.221. The molecule has 0 bridgehead atoms. The van der Waals surface area contributed by atoms with Crippen molar-refractivity contribution in [2.24, 2.45) is 17.8 Å². The number of aldehydes is 1. The van der Waals surface area contributed by atoms with E-state index in [2.05, 4.69) is 17.6 Å². The molecule has 7 heteroatoms. The highest BCUT2D eigenvalue weighted by Gasteiger charge is 2.29. The van der Waals surface area contributed by atoms with E-state index in [-0.39, 0.29) is 36.0 Å². The summed E-state index contributed by atoms with van der Waals surface area (Å²) in [5.41, 5.74) is 0. The number of rotatable bonds is 9. The second-order valence-electron chi connectivity index (χ2n) is 10.7. The van der Waals surface area contributed by atoms with Gasteiger partial charge in [0.05, 0.1) is 6.04 Å². The van der Waals surface area contributed by atoms with Gasteiger partial charge in [0.2, 0.25) is 17.7 Å². The van der Waals surface area contributed by atoms with Gasteiger partial charge >= 0.3 is 0 Å². The maximum absolute atomic E-state index is 13.1. The summed E-state index contributed by atoms with van der Waals surface area (Å²) < 4.78 is 0. The van der Waals surface area contributed by atoms with Crippen molar-refractivity contribution in [3.8, 4) is 0 Å². The predicted molar refractivity (Wildman–Crippen MR) is 136 cm³/mol. The minimum Gasteiger partial charge on any atom is -0.349 e. The molecule has 1 aliphatic rings. The summed E-state index contributed by atoms with van der Waals surface area (Å²) in [5, 5.41) is 5.76. The topological polar surface area (TPSA) is 95.6 Å². The Balaban J connectivity index is 3.04. The van der Waals surface area contributed by atoms with Gasteiger partial charge in [-0.3, -0.25) is 14.4 Å². The van der Waals surface area contributed by atoms with Crippen LogP contribution in [0.3, 0.4) is 0 Å². The zero-order valence-corrected chi connectivity index (χ0v) is 22.2. The van der Waals surface area contributed by atoms with Crippen molar-refractivity contribution in [1.82, 2.24) is 15.5 Å². The van der Waals surface area contributed by atoms with Crippen LogP contribution in [0.5, 0.6) is 0 Å². The third-order valence-electron chi connectivity index (χ3n) is 6.78. The van der Waals surface area contributed by atoms with E-state index in [1.807, 2.05) is 13.8 Å². The molecule has 1 aliphatic heterocycles. The average Bonchev–Trinajstić information content (AvgIpc) is 2.78. The lowest BCUT2D eigenvalue weighted by Crippen LogP contribution is -2.51. The predicted octanol–water partition coefficient (Wildman–Crippen LogP) is 4.24. The quantitative estimate of drug-likeness (QED) is 0.382. The van der Waals surface area contributed by atoms with E-state index in [1.54, 1.807) is 19.0 Å². The van der Waals surface area contributed by atoms with Crippen molar-refractivity contribution in [2.75, 3.05) is 14.1 Å². The van der Waals surface area contributed by atoms with Crippen molar-refractivity contribution in [1.29, 1.82) is 0 Å². The lowest BCUT2D eigenvalue weighted by molar-refractivity contribution is -0.134. The van der Waals surface area contributed by atoms with E-state index < -0.39 is 12.1 Å². The van der Waals surface area contributed by atoms with Crippen LogP contribution < -0.4 is 10.6 Å². The van der Waals surface area contributed by atoms with Crippen LogP contribution in [-0.4, -0.2) is 55.1 Å². The Morgan fingerprint density at radius 3 is 2.38 bits per heavy atom. The molecule has 0 radical (unpaired) electrons. The smallest absolute Gasteiger partial charge is 0.243 e. The first-order valence-corrected chi connectivity index (χ1v) is 13.4. The fraction of sp³-hybridized carbons (Fsp3) is 0.852. The van der Waals surface area contributed by atoms with Gasteiger partial charge in [-0.05, 0) is 43.9 Å². The van der Waals surface area contributed by atoms with E-state index in [4.69, 9.17) is 0 Å². The first-order valence-electron chi connectivity index (χ1n) is 13.4. The zero-order valence-electron chi connectivity index (χ0n) is 22.2. The van der Waals surface area contributed by atoms with E-state index in [0.717, 1.165) is 38.5 Å². The van der Waals surface area contributed by atoms with Crippen molar-refractivity contribution < 1.29 is 19.2 Å². The molecule has 7 nitrogen and oxygen atoms in total. The molecule has 0 aromatic carbocycles. The van der Waals surface area contributed by atoms with Gasteiger partial charge in [-0.1, -0.05) is 65.7 Å². The molecule has 4 atom stereocenters. The van der Waals surface area contributed by atoms with Crippen molar-refractivity contribution in [3.05, 3.63) is 0 Å². The number of amides is 3. The molecule has 0 spiro atoms. The zero-order chi connectivity index (χ0) is 25.5. The first kappa shape index (κ1) is 30.1. The second-order valence-corrected chi connectivity index (χ2v) is 10.7. The minimum absolute atomic E-state index is 0.00810. The molecule has 0 saturated carbocycles. The number of unbranched alkanes of at least 4 members (excludes halogenated alkanes) is 3. The molecule has 1 fully saturated rings. The van der Waals surface area contributed by atoms with Crippen LogP contribution in [0.4, 0.5) is 0 Å². The summed E-state index contributed by atoms with van der Waals surface area (Å²) in [7, 11) is 3.45. The molecule has 1 heterocycles. The van der Waals surface area contributed by atoms with Gasteiger partial charge < -0.3 is 20.3 Å². The number of nitrogens with one attached hydrogen (secondary N) is 2. The van der Waals surface area contributed by atoms with E-state index in [9.17, 15) is 19.2 Å². The summed E-state index contributed by atoms with van der Waals surface area (Å²) in [6.45, 7) is 6.21. The molecular weight excluding hydrogens is 430 g/mol. The van der Waals surface area contributed by atoms with Crippen molar-refractivity contribution in [3.63, 3.8) is 0 Å². The van der Waals surface area contributed by atoms with Crippen LogP contribution in [0.2, 0.25) is 0 Å². The SMILES string of the molecule is CCCCCCC1CCCCCC(C(=O)N(C)C)C[C@H](C=O)NC(=O)[C@H](CC(C)C)NC(=O)C1. The van der Waals surface area contributed by atoms with Crippen LogP contribution in [0.1, 0.15) is 104 Å². The fourth-order valence-electron chi connectivity index (χ4n) is 4.87. The number of carbonyl (C=O) groups is 4. The van der Waals surface area contributed by atoms with Gasteiger partial charge in [-0.15, -0.1) is 0 Å². The fourth-order valence-corrected chi connectivity index (χ4v) is 4.87. The van der Waals surface area contributed by atoms with Gasteiger partial charge in [0.25, 0.3) is 0 Å². The van der Waals surface area contributed by atoms with Crippen LogP contribution in [-0.2, 0) is 19.2 Å². The molecule has 1 saturated heterocycles. The van der Waals surface area contributed by atoms with E-state index in [0.29, 0.717) is 31.5 Å². The molecule has 2 N–H and O–H groups in total. The molecule has 0 aromatic rings. The maximum atomic E-state index is 13.1. The molecular formula is C27H49N3O4. The molecule has 1 rings (SSSR count). The van der Waals surface area contributed by atoms with Crippen LogP contribution >= 0.6 is 0 Å². The minimum atomic E-state index is -0.746. The Bertz CT molecular complexity index is 635. The molecule has 0 aliphatic carbocycles. The highest BCUT2D eigenvalue weighted by molar-refractivity contribution is 5.89. The summed E-state index contributed by atoms with van der Waals surface area (Å²) in [6, 6.07) is -1.42. The lowest BCUT2D eigenvalue weighted by Gasteiger charge is -2.26. The molecule has 0 aromatic heterocycles. The van der Waals surface area contributed by atoms with Crippen LogP contribution in [0.25, 0.3) is 0 Å². The third-order valence-corrected chi connectivity index (χ3v) is 6.78. The molecule has 196 valence electrons. The van der Waals surface area contributed by atoms with Crippen molar-refractivity contribution in [2.45, 2.75) is 116 Å². The molecule has 3 amide bonds. The number of hydrogen-bond donors (Lipinski definition) is 2. The highest BCUT2D eigenvalue weighted by Crippen LogP contribution is 2.24. The highest BCUT2D eigenvalue weighted by atomic mass is 16.2. The van der Waals surface area contributed by atoms with Crippen LogP contribution in [0, 0.1) is 17.8 Å². The normalized spacial score (nSPS) is 25.6. The molecule has 2 unspecified atom stereocenters. The van der Waals surface area contributed by atoms with Gasteiger partial charge in [-0.25, -0.2) is 0 Å². The Morgan fingerprint density at radius 1 is 1.06 bits per heavy atom. The second kappa shape index (κ2) is 16.7. The number of nitrogens with zero attached hydrogens (tertiary/aromatic N) is 1. The van der Waals surface area contributed by atoms with Gasteiger partial charge in [0, 0.05) is 26.4 Å². The summed E-state index contributed by atoms with van der Waals surface area (Å²) >= 11 is 0. The standard InChI is InChI=1S/C27H49N3O4/c1-6-7-8-10-13-21-14-11-9-12-15-22(27(34)30(4)5)18-23(19-31)28-26(33)24(16-20(2)3)29-25(32)17-21/h19-24H,6-18H2,1-5H3,(H,28,33)(H,29,32)/t21?,22?,23-,24+/m1/s1. The summed E-state index contributed by atoms with van der Waals surface area (Å²) in [6.07, 6.45) is 12.3. The Kier molecular flexibility index (Phi) is 14.8. The third kappa shape index (κ3) is 12.0. The monoisotopic (exact) mass is 479 g/mol. The van der Waals surface area contributed by atoms with Gasteiger partial charge in [-0.2, -0.15) is 0 Å². The molecule has 34 heavy (non-hydrogen) atoms. The van der Waals surface area contributed by atoms with E-state index in [1.165, 1.54) is 19.3 Å². The first-order chi connectivity index (χ1) is 16.2. The van der Waals surface area contributed by atoms with Gasteiger partial charge in [0.15, 0.2) is 0 Å². The van der Waals surface area contributed by atoms with Gasteiger partial charge in [0.1, 0.15) is 12.3 Å². The largest absolute Gasteiger partial charge is 0.349 e. The lowest BCUT2D eigenvalue weighted by atomic mass is 9.89. The summed E-state index contributed by atoms with van der Waals surface area (Å²) in [4.78, 5) is 52.1. The average molecular weight is 480 g/mol. The number of hydrogen-bond acceptors (Lipinski definition) is 4.